The fourth-order valence-electron chi connectivity index (χ4n) is 7.56. The molecule has 0 aromatic rings. The van der Waals surface area contributed by atoms with Gasteiger partial charge in [0.2, 0.25) is 5.91 Å². The molecule has 0 bridgehead atoms. The van der Waals surface area contributed by atoms with E-state index in [1.54, 1.807) is 6.08 Å². The Morgan fingerprint density at radius 2 is 0.851 bits per heavy atom. The van der Waals surface area contributed by atoms with Crippen LogP contribution in [0.15, 0.2) is 170 Å². The number of aliphatic hydroxyl groups is 5. The Bertz CT molecular complexity index is 1760. The van der Waals surface area contributed by atoms with E-state index in [1.165, 1.54) is 38.5 Å². The van der Waals surface area contributed by atoms with Crippen LogP contribution in [0.2, 0.25) is 0 Å². The highest BCUT2D eigenvalue weighted by atomic mass is 16.7. The summed E-state index contributed by atoms with van der Waals surface area (Å²) in [6.45, 7) is 3.57. The summed E-state index contributed by atoms with van der Waals surface area (Å²) in [5.74, 6) is -0.239. The van der Waals surface area contributed by atoms with Crippen LogP contribution in [-0.2, 0) is 14.3 Å². The van der Waals surface area contributed by atoms with E-state index >= 15 is 0 Å². The van der Waals surface area contributed by atoms with E-state index in [1.807, 2.05) is 6.08 Å². The average molecular weight is 1020 g/mol. The molecule has 7 unspecified atom stereocenters. The van der Waals surface area contributed by atoms with Crippen molar-refractivity contribution in [1.82, 2.24) is 5.32 Å². The molecule has 1 saturated heterocycles. The highest BCUT2D eigenvalue weighted by Crippen LogP contribution is 2.22. The summed E-state index contributed by atoms with van der Waals surface area (Å²) in [6.07, 6.45) is 77.1. The summed E-state index contributed by atoms with van der Waals surface area (Å²) < 4.78 is 11.2. The predicted molar refractivity (Wildman–Crippen MR) is 312 cm³/mol. The van der Waals surface area contributed by atoms with Crippen molar-refractivity contribution in [3.63, 3.8) is 0 Å². The molecule has 1 aliphatic rings. The second-order valence-electron chi connectivity index (χ2n) is 18.6. The van der Waals surface area contributed by atoms with Gasteiger partial charge < -0.3 is 40.3 Å². The number of aliphatic hydroxyl groups excluding tert-OH is 5. The van der Waals surface area contributed by atoms with Crippen LogP contribution in [0.5, 0.6) is 0 Å². The van der Waals surface area contributed by atoms with Crippen molar-refractivity contribution in [2.45, 2.75) is 217 Å². The van der Waals surface area contributed by atoms with Gasteiger partial charge in [-0.1, -0.05) is 216 Å². The molecule has 1 aliphatic heterocycles. The Balaban J connectivity index is 2.24. The smallest absolute Gasteiger partial charge is 0.220 e. The number of ether oxygens (including phenoxy) is 2. The summed E-state index contributed by atoms with van der Waals surface area (Å²) in [7, 11) is 0. The molecule has 1 amide bonds. The molecule has 6 N–H and O–H groups in total. The number of amides is 1. The van der Waals surface area contributed by atoms with E-state index in [4.69, 9.17) is 9.47 Å². The van der Waals surface area contributed by atoms with Gasteiger partial charge in [0.1, 0.15) is 24.4 Å². The van der Waals surface area contributed by atoms with Crippen LogP contribution in [0.25, 0.3) is 0 Å². The van der Waals surface area contributed by atoms with Crippen LogP contribution < -0.4 is 5.32 Å². The third kappa shape index (κ3) is 40.9. The van der Waals surface area contributed by atoms with E-state index in [-0.39, 0.29) is 18.9 Å². The van der Waals surface area contributed by atoms with Gasteiger partial charge in [0.25, 0.3) is 0 Å². The molecular formula is C65H101NO8. The number of carbonyl (C=O) groups is 1. The molecule has 9 nitrogen and oxygen atoms in total. The number of unbranched alkanes of at least 4 members (excludes halogenated alkanes) is 9. The largest absolute Gasteiger partial charge is 0.394 e. The third-order valence-corrected chi connectivity index (χ3v) is 12.0. The predicted octanol–water partition coefficient (Wildman–Crippen LogP) is 14.2. The van der Waals surface area contributed by atoms with Gasteiger partial charge in [-0.25, -0.2) is 0 Å². The number of rotatable bonds is 45. The number of nitrogens with one attached hydrogen (secondary N) is 1. The van der Waals surface area contributed by atoms with Gasteiger partial charge in [0.15, 0.2) is 6.29 Å². The molecule has 1 fully saturated rings. The van der Waals surface area contributed by atoms with Crippen molar-refractivity contribution >= 4 is 5.91 Å². The molecular weight excluding hydrogens is 923 g/mol. The SMILES string of the molecule is CC/C=C\C/C=C\C/C=C\C/C=C\C/C=C\C/C=C\C/C=C\C/C=C\C/C=C\C/C=C\C/C=C\C/C=C\CCCCC(=O)NC(COC1OC(CO)C(O)C(O)C1O)C(O)/C=C/CC/C=C/CCCCCCCC. The molecule has 0 saturated carbocycles. The van der Waals surface area contributed by atoms with Gasteiger partial charge in [-0.2, -0.15) is 0 Å². The zero-order chi connectivity index (χ0) is 53.6. The molecule has 0 aliphatic carbocycles. The fraction of sp³-hybridized carbons (Fsp3) is 0.554. The zero-order valence-corrected chi connectivity index (χ0v) is 45.8. The Kier molecular flexibility index (Phi) is 47.5. The Labute approximate surface area is 449 Å². The Hall–Kier alpha value is -4.45. The van der Waals surface area contributed by atoms with Crippen molar-refractivity contribution in [3.8, 4) is 0 Å². The van der Waals surface area contributed by atoms with Gasteiger partial charge in [-0.3, -0.25) is 4.79 Å². The molecule has 0 spiro atoms. The van der Waals surface area contributed by atoms with E-state index in [9.17, 15) is 30.3 Å². The van der Waals surface area contributed by atoms with Crippen molar-refractivity contribution in [2.24, 2.45) is 0 Å². The number of hydrogen-bond acceptors (Lipinski definition) is 8. The number of hydrogen-bond donors (Lipinski definition) is 6. The Morgan fingerprint density at radius 1 is 0.473 bits per heavy atom. The molecule has 414 valence electrons. The van der Waals surface area contributed by atoms with Crippen molar-refractivity contribution in [3.05, 3.63) is 170 Å². The van der Waals surface area contributed by atoms with Crippen molar-refractivity contribution < 1.29 is 39.8 Å². The van der Waals surface area contributed by atoms with Crippen LogP contribution in [-0.4, -0.2) is 87.5 Å². The van der Waals surface area contributed by atoms with Crippen molar-refractivity contribution in [2.75, 3.05) is 13.2 Å². The standard InChI is InChI=1S/C65H101NO8/c1-3-5-7-9-11-13-15-17-18-19-20-21-22-23-24-25-26-27-28-29-30-31-32-33-34-35-36-37-38-39-40-41-42-43-45-47-49-51-53-55-61(69)66-58(57-73-65-64(72)63(71)62(70)60(56-67)74-65)59(68)54-52-50-48-46-44-16-14-12-10-8-6-4-2/h5,7,11,13,17-18,20-21,23-24,26-27,29-30,32-33,35-36,38-39,41-42,44-47,52,54,58-60,62-65,67-68,70-72H,3-4,6,8-10,12,14-16,19,22,25,28,31,34,37,40,43,48-51,53,55-57H2,1-2H3,(H,66,69)/b7-5-,13-11-,18-17-,21-20-,24-23-,27-26-,30-29-,33-32-,36-35-,39-38-,42-41-,46-44+,47-45-,54-52+. The van der Waals surface area contributed by atoms with Crippen molar-refractivity contribution in [1.29, 1.82) is 0 Å². The first kappa shape index (κ1) is 67.6. The second kappa shape index (κ2) is 52.0. The summed E-state index contributed by atoms with van der Waals surface area (Å²) in [5, 5.41) is 54.2. The first-order valence-electron chi connectivity index (χ1n) is 28.4. The summed E-state index contributed by atoms with van der Waals surface area (Å²) in [6, 6.07) is -0.857. The van der Waals surface area contributed by atoms with Gasteiger partial charge in [-0.15, -0.1) is 0 Å². The maximum Gasteiger partial charge on any atom is 0.220 e. The minimum atomic E-state index is -1.59. The lowest BCUT2D eigenvalue weighted by molar-refractivity contribution is -0.302. The molecule has 7 atom stereocenters. The topological polar surface area (TPSA) is 149 Å². The summed E-state index contributed by atoms with van der Waals surface area (Å²) in [5.41, 5.74) is 0. The number of allylic oxidation sites excluding steroid dienone is 27. The van der Waals surface area contributed by atoms with E-state index < -0.39 is 49.5 Å². The summed E-state index contributed by atoms with van der Waals surface area (Å²) >= 11 is 0. The van der Waals surface area contributed by atoms with Gasteiger partial charge in [0, 0.05) is 6.42 Å². The van der Waals surface area contributed by atoms with Crippen LogP contribution in [0.3, 0.4) is 0 Å². The van der Waals surface area contributed by atoms with E-state index in [0.717, 1.165) is 109 Å². The van der Waals surface area contributed by atoms with Gasteiger partial charge in [0.05, 0.1) is 25.4 Å². The third-order valence-electron chi connectivity index (χ3n) is 12.0. The van der Waals surface area contributed by atoms with Gasteiger partial charge in [-0.05, 0) is 122 Å². The number of carbonyl (C=O) groups excluding carboxylic acids is 1. The first-order valence-corrected chi connectivity index (χ1v) is 28.4. The summed E-state index contributed by atoms with van der Waals surface area (Å²) in [4.78, 5) is 13.0. The van der Waals surface area contributed by atoms with Crippen LogP contribution in [0, 0.1) is 0 Å². The monoisotopic (exact) mass is 1020 g/mol. The minimum absolute atomic E-state index is 0.230. The maximum atomic E-state index is 13.0. The zero-order valence-electron chi connectivity index (χ0n) is 45.8. The minimum Gasteiger partial charge on any atom is -0.394 e. The molecule has 9 heteroatoms. The normalized spacial score (nSPS) is 20.3. The van der Waals surface area contributed by atoms with Gasteiger partial charge >= 0.3 is 0 Å². The van der Waals surface area contributed by atoms with E-state index in [2.05, 4.69) is 177 Å². The van der Waals surface area contributed by atoms with Crippen LogP contribution >= 0.6 is 0 Å². The quantitative estimate of drug-likeness (QED) is 0.0261. The lowest BCUT2D eigenvalue weighted by atomic mass is 9.99. The molecule has 1 rings (SSSR count). The van der Waals surface area contributed by atoms with E-state index in [0.29, 0.717) is 6.42 Å². The highest BCUT2D eigenvalue weighted by Gasteiger charge is 2.44. The lowest BCUT2D eigenvalue weighted by Crippen LogP contribution is -2.60. The first-order chi connectivity index (χ1) is 36.3. The Morgan fingerprint density at radius 3 is 1.30 bits per heavy atom. The molecule has 1 heterocycles. The molecule has 0 radical (unpaired) electrons. The second-order valence-corrected chi connectivity index (χ2v) is 18.6. The highest BCUT2D eigenvalue weighted by molar-refractivity contribution is 5.76. The molecule has 74 heavy (non-hydrogen) atoms. The van der Waals surface area contributed by atoms with Crippen LogP contribution in [0.1, 0.15) is 174 Å². The lowest BCUT2D eigenvalue weighted by Gasteiger charge is -2.40. The maximum absolute atomic E-state index is 13.0. The molecule has 0 aromatic heterocycles. The fourth-order valence-corrected chi connectivity index (χ4v) is 7.56. The molecule has 0 aromatic carbocycles. The van der Waals surface area contributed by atoms with Crippen LogP contribution in [0.4, 0.5) is 0 Å². The average Bonchev–Trinajstić information content (AvgIpc) is 3.40.